The van der Waals surface area contributed by atoms with E-state index in [1.807, 2.05) is 31.2 Å². The van der Waals surface area contributed by atoms with Crippen LogP contribution < -0.4 is 5.32 Å². The zero-order valence-corrected chi connectivity index (χ0v) is 12.5. The molecule has 0 saturated heterocycles. The van der Waals surface area contributed by atoms with E-state index in [2.05, 4.69) is 5.32 Å². The second-order valence-electron chi connectivity index (χ2n) is 6.02. The Balaban J connectivity index is 1.86. The first kappa shape index (κ1) is 15.5. The molecular formula is C17H23NO3. The summed E-state index contributed by atoms with van der Waals surface area (Å²) in [7, 11) is 0. The number of carbonyl (C=O) groups excluding carboxylic acids is 1. The summed E-state index contributed by atoms with van der Waals surface area (Å²) in [4.78, 5) is 22.6. The molecule has 4 heteroatoms. The van der Waals surface area contributed by atoms with Gasteiger partial charge in [0.25, 0.3) is 0 Å². The van der Waals surface area contributed by atoms with Gasteiger partial charge in [-0.05, 0) is 42.4 Å². The summed E-state index contributed by atoms with van der Waals surface area (Å²) in [5.41, 5.74) is 1.76. The first-order chi connectivity index (χ1) is 10.0. The first-order valence-electron chi connectivity index (χ1n) is 7.66. The fraction of sp³-hybridized carbons (Fsp3) is 0.529. The lowest BCUT2D eigenvalue weighted by molar-refractivity contribution is -0.137. The van der Waals surface area contributed by atoms with Gasteiger partial charge in [-0.1, -0.05) is 31.9 Å². The molecule has 2 N–H and O–H groups in total. The average Bonchev–Trinajstić information content (AvgIpc) is 2.91. The van der Waals surface area contributed by atoms with E-state index >= 15 is 0 Å². The van der Waals surface area contributed by atoms with Crippen LogP contribution in [0.5, 0.6) is 0 Å². The molecule has 1 saturated carbocycles. The van der Waals surface area contributed by atoms with E-state index in [4.69, 9.17) is 5.11 Å². The van der Waals surface area contributed by atoms with Crippen LogP contribution in [0.2, 0.25) is 0 Å². The fourth-order valence-electron chi connectivity index (χ4n) is 2.96. The number of carboxylic acid groups (broad SMARTS) is 1. The van der Waals surface area contributed by atoms with Gasteiger partial charge < -0.3 is 10.4 Å². The number of anilines is 1. The molecule has 0 spiro atoms. The molecule has 2 rings (SSSR count). The Bertz CT molecular complexity index is 489. The Labute approximate surface area is 125 Å². The summed E-state index contributed by atoms with van der Waals surface area (Å²) in [6.07, 6.45) is 5.55. The van der Waals surface area contributed by atoms with Gasteiger partial charge in [-0.3, -0.25) is 9.59 Å². The van der Waals surface area contributed by atoms with Crippen LogP contribution in [0.25, 0.3) is 0 Å². The molecule has 1 aromatic carbocycles. The summed E-state index contributed by atoms with van der Waals surface area (Å²) >= 11 is 0. The highest BCUT2D eigenvalue weighted by Crippen LogP contribution is 2.28. The summed E-state index contributed by atoms with van der Waals surface area (Å²) in [5.74, 6) is -0.199. The number of hydrogen-bond acceptors (Lipinski definition) is 2. The lowest BCUT2D eigenvalue weighted by atomic mass is 9.97. The van der Waals surface area contributed by atoms with Crippen molar-refractivity contribution in [3.05, 3.63) is 29.8 Å². The molecule has 1 atom stereocenters. The zero-order valence-electron chi connectivity index (χ0n) is 12.5. The fourth-order valence-corrected chi connectivity index (χ4v) is 2.96. The molecule has 1 fully saturated rings. The van der Waals surface area contributed by atoms with Crippen molar-refractivity contribution in [2.24, 2.45) is 5.92 Å². The highest BCUT2D eigenvalue weighted by molar-refractivity contribution is 5.90. The number of carboxylic acids is 1. The predicted octanol–water partition coefficient (Wildman–Crippen LogP) is 3.78. The maximum Gasteiger partial charge on any atom is 0.303 e. The van der Waals surface area contributed by atoms with Gasteiger partial charge in [-0.2, -0.15) is 0 Å². The van der Waals surface area contributed by atoms with Gasteiger partial charge >= 0.3 is 5.97 Å². The molecule has 0 bridgehead atoms. The number of nitrogens with one attached hydrogen (secondary N) is 1. The van der Waals surface area contributed by atoms with Crippen molar-refractivity contribution in [2.75, 3.05) is 5.32 Å². The molecule has 1 unspecified atom stereocenters. The Morgan fingerprint density at radius 3 is 2.43 bits per heavy atom. The molecule has 1 aliphatic carbocycles. The Hall–Kier alpha value is -1.84. The van der Waals surface area contributed by atoms with E-state index in [0.29, 0.717) is 12.3 Å². The van der Waals surface area contributed by atoms with Crippen LogP contribution in [0.15, 0.2) is 24.3 Å². The normalized spacial score (nSPS) is 16.6. The lowest BCUT2D eigenvalue weighted by Crippen LogP contribution is -2.15. The van der Waals surface area contributed by atoms with Crippen molar-refractivity contribution in [1.29, 1.82) is 0 Å². The molecule has 1 aromatic rings. The van der Waals surface area contributed by atoms with E-state index in [9.17, 15) is 9.59 Å². The van der Waals surface area contributed by atoms with E-state index in [0.717, 1.165) is 11.3 Å². The van der Waals surface area contributed by atoms with E-state index in [1.165, 1.54) is 25.7 Å². The van der Waals surface area contributed by atoms with Gasteiger partial charge in [0.15, 0.2) is 0 Å². The van der Waals surface area contributed by atoms with Crippen molar-refractivity contribution in [3.63, 3.8) is 0 Å². The molecule has 0 aromatic heterocycles. The predicted molar refractivity (Wildman–Crippen MR) is 82.3 cm³/mol. The van der Waals surface area contributed by atoms with Crippen molar-refractivity contribution in [3.8, 4) is 0 Å². The summed E-state index contributed by atoms with van der Waals surface area (Å²) < 4.78 is 0. The van der Waals surface area contributed by atoms with Crippen LogP contribution in [0.1, 0.15) is 56.9 Å². The molecule has 0 radical (unpaired) electrons. The molecule has 21 heavy (non-hydrogen) atoms. The van der Waals surface area contributed by atoms with Gasteiger partial charge in [0.1, 0.15) is 0 Å². The Kier molecular flexibility index (Phi) is 5.37. The standard InChI is InChI=1S/C17H23NO3/c1-12(10-17(20)21)14-6-8-15(9-7-14)18-16(19)11-13-4-2-3-5-13/h6-9,12-13H,2-5,10-11H2,1H3,(H,18,19)(H,20,21). The number of amides is 1. The number of carbonyl (C=O) groups is 2. The second kappa shape index (κ2) is 7.25. The second-order valence-corrected chi connectivity index (χ2v) is 6.02. The van der Waals surface area contributed by atoms with Crippen LogP contribution in [-0.2, 0) is 9.59 Å². The molecule has 1 amide bonds. The van der Waals surface area contributed by atoms with E-state index < -0.39 is 5.97 Å². The SMILES string of the molecule is CC(CC(=O)O)c1ccc(NC(=O)CC2CCCC2)cc1. The van der Waals surface area contributed by atoms with Crippen LogP contribution in [0.4, 0.5) is 5.69 Å². The minimum atomic E-state index is -0.795. The third-order valence-electron chi connectivity index (χ3n) is 4.19. The highest BCUT2D eigenvalue weighted by atomic mass is 16.4. The van der Waals surface area contributed by atoms with Crippen LogP contribution >= 0.6 is 0 Å². The lowest BCUT2D eigenvalue weighted by Gasteiger charge is -2.12. The molecule has 0 aliphatic heterocycles. The Morgan fingerprint density at radius 1 is 1.24 bits per heavy atom. The largest absolute Gasteiger partial charge is 0.481 e. The quantitative estimate of drug-likeness (QED) is 0.837. The average molecular weight is 289 g/mol. The van der Waals surface area contributed by atoms with Gasteiger partial charge in [0.2, 0.25) is 5.91 Å². The number of rotatable bonds is 6. The van der Waals surface area contributed by atoms with Gasteiger partial charge in [0, 0.05) is 12.1 Å². The van der Waals surface area contributed by atoms with Crippen LogP contribution in [0, 0.1) is 5.92 Å². The molecule has 1 aliphatic rings. The summed E-state index contributed by atoms with van der Waals surface area (Å²) in [6, 6.07) is 7.47. The van der Waals surface area contributed by atoms with Gasteiger partial charge in [-0.25, -0.2) is 0 Å². The van der Waals surface area contributed by atoms with Gasteiger partial charge in [0.05, 0.1) is 6.42 Å². The zero-order chi connectivity index (χ0) is 15.2. The number of benzene rings is 1. The number of hydrogen-bond donors (Lipinski definition) is 2. The van der Waals surface area contributed by atoms with E-state index in [-0.39, 0.29) is 18.2 Å². The van der Waals surface area contributed by atoms with Crippen molar-refractivity contribution >= 4 is 17.6 Å². The highest BCUT2D eigenvalue weighted by Gasteiger charge is 2.18. The molecule has 4 nitrogen and oxygen atoms in total. The maximum atomic E-state index is 11.9. The molecule has 114 valence electrons. The topological polar surface area (TPSA) is 66.4 Å². The third kappa shape index (κ3) is 4.88. The third-order valence-corrected chi connectivity index (χ3v) is 4.19. The smallest absolute Gasteiger partial charge is 0.303 e. The van der Waals surface area contributed by atoms with Gasteiger partial charge in [-0.15, -0.1) is 0 Å². The molecular weight excluding hydrogens is 266 g/mol. The van der Waals surface area contributed by atoms with Crippen LogP contribution in [-0.4, -0.2) is 17.0 Å². The van der Waals surface area contributed by atoms with Crippen molar-refractivity contribution in [1.82, 2.24) is 0 Å². The number of aliphatic carboxylic acids is 1. The van der Waals surface area contributed by atoms with E-state index in [1.54, 1.807) is 0 Å². The summed E-state index contributed by atoms with van der Waals surface area (Å²) in [5, 5.41) is 11.7. The van der Waals surface area contributed by atoms with Crippen molar-refractivity contribution < 1.29 is 14.7 Å². The van der Waals surface area contributed by atoms with Crippen molar-refractivity contribution in [2.45, 2.75) is 51.4 Å². The minimum absolute atomic E-state index is 0.0225. The monoisotopic (exact) mass is 289 g/mol. The first-order valence-corrected chi connectivity index (χ1v) is 7.66. The Morgan fingerprint density at radius 2 is 1.86 bits per heavy atom. The minimum Gasteiger partial charge on any atom is -0.481 e. The van der Waals surface area contributed by atoms with Crippen LogP contribution in [0.3, 0.4) is 0 Å². The summed E-state index contributed by atoms with van der Waals surface area (Å²) in [6.45, 7) is 1.89. The maximum absolute atomic E-state index is 11.9. The molecule has 0 heterocycles.